The summed E-state index contributed by atoms with van der Waals surface area (Å²) >= 11 is 1.60. The monoisotopic (exact) mass is 296 g/mol. The highest BCUT2D eigenvalue weighted by atomic mass is 32.1. The van der Waals surface area contributed by atoms with Crippen molar-refractivity contribution in [2.45, 2.75) is 38.3 Å². The number of nitrogens with zero attached hydrogens (tertiary/aromatic N) is 2. The van der Waals surface area contributed by atoms with Crippen molar-refractivity contribution in [1.82, 2.24) is 9.80 Å². The first-order valence-corrected chi connectivity index (χ1v) is 7.57. The highest BCUT2D eigenvalue weighted by molar-refractivity contribution is 7.10. The van der Waals surface area contributed by atoms with Crippen LogP contribution in [0.15, 0.2) is 17.5 Å². The smallest absolute Gasteiger partial charge is 0.329 e. The number of amides is 2. The van der Waals surface area contributed by atoms with Crippen LogP contribution in [-0.2, 0) is 4.79 Å². The molecule has 1 fully saturated rings. The number of urea groups is 1. The molecule has 1 saturated heterocycles. The molecular weight excluding hydrogens is 276 g/mol. The molecule has 1 aliphatic heterocycles. The first-order chi connectivity index (χ1) is 9.38. The predicted octanol–water partition coefficient (Wildman–Crippen LogP) is 2.80. The van der Waals surface area contributed by atoms with E-state index in [0.29, 0.717) is 13.0 Å². The van der Waals surface area contributed by atoms with E-state index in [4.69, 9.17) is 0 Å². The molecule has 0 saturated carbocycles. The lowest BCUT2D eigenvalue weighted by atomic mass is 9.99. The normalized spacial score (nSPS) is 23.6. The van der Waals surface area contributed by atoms with Crippen molar-refractivity contribution in [3.63, 3.8) is 0 Å². The Morgan fingerprint density at radius 1 is 1.55 bits per heavy atom. The van der Waals surface area contributed by atoms with Gasteiger partial charge in [-0.15, -0.1) is 11.3 Å². The molecule has 0 bridgehead atoms. The molecule has 0 aliphatic carbocycles. The van der Waals surface area contributed by atoms with E-state index < -0.39 is 11.5 Å². The van der Waals surface area contributed by atoms with Crippen molar-refractivity contribution in [2.24, 2.45) is 0 Å². The van der Waals surface area contributed by atoms with Crippen molar-refractivity contribution >= 4 is 23.3 Å². The summed E-state index contributed by atoms with van der Waals surface area (Å²) in [7, 11) is 1.73. The van der Waals surface area contributed by atoms with Gasteiger partial charge in [-0.2, -0.15) is 0 Å². The average molecular weight is 296 g/mol. The van der Waals surface area contributed by atoms with Crippen LogP contribution in [0.1, 0.15) is 37.6 Å². The lowest BCUT2D eigenvalue weighted by Crippen LogP contribution is -2.54. The van der Waals surface area contributed by atoms with E-state index in [1.807, 2.05) is 24.4 Å². The van der Waals surface area contributed by atoms with Crippen molar-refractivity contribution in [1.29, 1.82) is 0 Å². The van der Waals surface area contributed by atoms with Crippen molar-refractivity contribution in [3.8, 4) is 0 Å². The lowest BCUT2D eigenvalue weighted by Gasteiger charge is -2.36. The fourth-order valence-electron chi connectivity index (χ4n) is 2.57. The molecule has 2 unspecified atom stereocenters. The number of carbonyl (C=O) groups is 2. The second-order valence-corrected chi connectivity index (χ2v) is 6.40. The molecule has 1 aromatic rings. The van der Waals surface area contributed by atoms with Crippen LogP contribution in [0.25, 0.3) is 0 Å². The number of carboxylic acids is 1. The van der Waals surface area contributed by atoms with Gasteiger partial charge in [0.15, 0.2) is 0 Å². The average Bonchev–Trinajstić information content (AvgIpc) is 3.06. The zero-order chi connectivity index (χ0) is 14.9. The second kappa shape index (κ2) is 5.44. The third kappa shape index (κ3) is 2.40. The quantitative estimate of drug-likeness (QED) is 0.933. The van der Waals surface area contributed by atoms with Crippen LogP contribution in [0, 0.1) is 0 Å². The van der Waals surface area contributed by atoms with Gasteiger partial charge in [-0.25, -0.2) is 9.59 Å². The molecule has 2 amide bonds. The minimum atomic E-state index is -1.08. The molecule has 0 radical (unpaired) electrons. The zero-order valence-corrected chi connectivity index (χ0v) is 12.8. The molecule has 1 aliphatic rings. The molecule has 2 rings (SSSR count). The van der Waals surface area contributed by atoms with Gasteiger partial charge in [0.1, 0.15) is 5.54 Å². The summed E-state index contributed by atoms with van der Waals surface area (Å²) in [6.45, 7) is 4.09. The van der Waals surface area contributed by atoms with Gasteiger partial charge in [0, 0.05) is 18.5 Å². The first kappa shape index (κ1) is 14.8. The highest BCUT2D eigenvalue weighted by Gasteiger charge is 2.47. The highest BCUT2D eigenvalue weighted by Crippen LogP contribution is 2.32. The number of hydrogen-bond donors (Lipinski definition) is 1. The minimum Gasteiger partial charge on any atom is -0.480 e. The van der Waals surface area contributed by atoms with E-state index >= 15 is 0 Å². The van der Waals surface area contributed by atoms with Gasteiger partial charge in [0.2, 0.25) is 0 Å². The maximum absolute atomic E-state index is 12.6. The minimum absolute atomic E-state index is 0.0545. The van der Waals surface area contributed by atoms with Crippen LogP contribution in [0.4, 0.5) is 4.79 Å². The second-order valence-electron chi connectivity index (χ2n) is 5.42. The van der Waals surface area contributed by atoms with Crippen molar-refractivity contribution in [2.75, 3.05) is 13.6 Å². The number of likely N-dealkylation sites (tertiary alicyclic amines) is 1. The molecule has 20 heavy (non-hydrogen) atoms. The Kier molecular flexibility index (Phi) is 4.04. The van der Waals surface area contributed by atoms with Crippen LogP contribution < -0.4 is 0 Å². The SMILES string of the molecule is CC(c1cccs1)N(C)C(=O)N1CCCC1(C)C(=O)O. The molecule has 1 N–H and O–H groups in total. The summed E-state index contributed by atoms with van der Waals surface area (Å²) < 4.78 is 0. The van der Waals surface area contributed by atoms with E-state index in [2.05, 4.69) is 0 Å². The number of thiophene rings is 1. The number of carboxylic acid groups (broad SMARTS) is 1. The Labute approximate surface area is 122 Å². The summed E-state index contributed by atoms with van der Waals surface area (Å²) in [5.41, 5.74) is -1.08. The molecule has 1 aromatic heterocycles. The van der Waals surface area contributed by atoms with Crippen LogP contribution in [0.5, 0.6) is 0 Å². The standard InChI is InChI=1S/C14H20N2O3S/c1-10(11-6-4-9-20-11)15(3)13(19)16-8-5-7-14(16,2)12(17)18/h4,6,9-10H,5,7-8H2,1-3H3,(H,17,18). The molecule has 5 nitrogen and oxygen atoms in total. The topological polar surface area (TPSA) is 60.9 Å². The fraction of sp³-hybridized carbons (Fsp3) is 0.571. The van der Waals surface area contributed by atoms with Gasteiger partial charge in [0.25, 0.3) is 0 Å². The summed E-state index contributed by atoms with van der Waals surface area (Å²) in [5.74, 6) is -0.930. The molecule has 0 aromatic carbocycles. The summed E-state index contributed by atoms with van der Waals surface area (Å²) in [4.78, 5) is 28.2. The Morgan fingerprint density at radius 2 is 2.25 bits per heavy atom. The zero-order valence-electron chi connectivity index (χ0n) is 12.0. The van der Waals surface area contributed by atoms with Gasteiger partial charge >= 0.3 is 12.0 Å². The largest absolute Gasteiger partial charge is 0.480 e. The maximum Gasteiger partial charge on any atom is 0.329 e. The molecule has 6 heteroatoms. The van der Waals surface area contributed by atoms with E-state index in [1.54, 1.807) is 30.2 Å². The van der Waals surface area contributed by atoms with E-state index in [9.17, 15) is 14.7 Å². The number of carbonyl (C=O) groups excluding carboxylic acids is 1. The molecular formula is C14H20N2O3S. The predicted molar refractivity (Wildman–Crippen MR) is 77.9 cm³/mol. The third-order valence-corrected chi connectivity index (χ3v) is 5.21. The Bertz CT molecular complexity index is 503. The molecule has 0 spiro atoms. The van der Waals surface area contributed by atoms with Crippen LogP contribution in [-0.4, -0.2) is 46.0 Å². The van der Waals surface area contributed by atoms with Crippen molar-refractivity contribution in [3.05, 3.63) is 22.4 Å². The van der Waals surface area contributed by atoms with E-state index in [1.165, 1.54) is 4.90 Å². The Balaban J connectivity index is 2.16. The van der Waals surface area contributed by atoms with E-state index in [-0.39, 0.29) is 12.1 Å². The Morgan fingerprint density at radius 3 is 2.80 bits per heavy atom. The van der Waals surface area contributed by atoms with Gasteiger partial charge in [-0.05, 0) is 38.1 Å². The van der Waals surface area contributed by atoms with Gasteiger partial charge in [-0.1, -0.05) is 6.07 Å². The molecule has 2 heterocycles. The molecule has 2 atom stereocenters. The third-order valence-electron chi connectivity index (χ3n) is 4.17. The Hall–Kier alpha value is -1.56. The lowest BCUT2D eigenvalue weighted by molar-refractivity contribution is -0.147. The first-order valence-electron chi connectivity index (χ1n) is 6.69. The summed E-state index contributed by atoms with van der Waals surface area (Å²) in [6, 6.07) is 3.67. The summed E-state index contributed by atoms with van der Waals surface area (Å²) in [5, 5.41) is 11.4. The van der Waals surface area contributed by atoms with E-state index in [0.717, 1.165) is 11.3 Å². The molecule has 110 valence electrons. The fourth-order valence-corrected chi connectivity index (χ4v) is 3.39. The number of rotatable bonds is 3. The van der Waals surface area contributed by atoms with Crippen LogP contribution in [0.2, 0.25) is 0 Å². The van der Waals surface area contributed by atoms with Gasteiger partial charge in [0.05, 0.1) is 6.04 Å². The van der Waals surface area contributed by atoms with Crippen molar-refractivity contribution < 1.29 is 14.7 Å². The summed E-state index contributed by atoms with van der Waals surface area (Å²) in [6.07, 6.45) is 1.24. The van der Waals surface area contributed by atoms with Crippen LogP contribution >= 0.6 is 11.3 Å². The maximum atomic E-state index is 12.6. The number of aliphatic carboxylic acids is 1. The number of hydrogen-bond acceptors (Lipinski definition) is 3. The van der Waals surface area contributed by atoms with Gasteiger partial charge in [-0.3, -0.25) is 0 Å². The van der Waals surface area contributed by atoms with Gasteiger partial charge < -0.3 is 14.9 Å². The van der Waals surface area contributed by atoms with Crippen LogP contribution in [0.3, 0.4) is 0 Å².